The number of carbonyl (C=O) groups excluding carboxylic acids is 1. The van der Waals surface area contributed by atoms with Crippen molar-refractivity contribution in [2.75, 3.05) is 44.2 Å². The maximum absolute atomic E-state index is 13.0. The molecule has 1 amide bonds. The number of benzene rings is 2. The summed E-state index contributed by atoms with van der Waals surface area (Å²) in [6, 6.07) is 19.2. The first kappa shape index (κ1) is 26.8. The lowest BCUT2D eigenvalue weighted by Gasteiger charge is -2.43. The van der Waals surface area contributed by atoms with Crippen LogP contribution in [0.15, 0.2) is 65.3 Å². The summed E-state index contributed by atoms with van der Waals surface area (Å²) in [6.07, 6.45) is 6.11. The van der Waals surface area contributed by atoms with Gasteiger partial charge in [0.15, 0.2) is 0 Å². The van der Waals surface area contributed by atoms with Gasteiger partial charge in [-0.2, -0.15) is 0 Å². The third kappa shape index (κ3) is 6.17. The number of amides is 1. The van der Waals surface area contributed by atoms with Gasteiger partial charge in [-0.1, -0.05) is 48.0 Å². The molecular formula is C31H37BrClN5O. The minimum Gasteiger partial charge on any atom is -0.353 e. The number of fused-ring (bicyclic) bond motifs is 1. The number of nitrogens with zero attached hydrogens (tertiary/aromatic N) is 4. The first-order valence-corrected chi connectivity index (χ1v) is 15.2. The van der Waals surface area contributed by atoms with Crippen molar-refractivity contribution >= 4 is 39.3 Å². The zero-order valence-electron chi connectivity index (χ0n) is 22.2. The van der Waals surface area contributed by atoms with E-state index in [1.165, 1.54) is 29.5 Å². The van der Waals surface area contributed by atoms with Crippen LogP contribution < -0.4 is 10.2 Å². The third-order valence-corrected chi connectivity index (χ3v) is 9.36. The van der Waals surface area contributed by atoms with E-state index in [4.69, 9.17) is 16.6 Å². The number of aromatic nitrogens is 1. The number of aryl methyl sites for hydroxylation is 1. The van der Waals surface area contributed by atoms with Crippen LogP contribution in [0.5, 0.6) is 0 Å². The molecule has 1 aromatic heterocycles. The van der Waals surface area contributed by atoms with E-state index >= 15 is 0 Å². The molecule has 39 heavy (non-hydrogen) atoms. The van der Waals surface area contributed by atoms with Gasteiger partial charge in [-0.05, 0) is 89.6 Å². The first-order valence-electron chi connectivity index (χ1n) is 14.0. The smallest absolute Gasteiger partial charge is 0.253 e. The second-order valence-electron chi connectivity index (χ2n) is 10.9. The largest absolute Gasteiger partial charge is 0.353 e. The highest BCUT2D eigenvalue weighted by Gasteiger charge is 2.29. The molecule has 0 radical (unpaired) electrons. The van der Waals surface area contributed by atoms with Crippen LogP contribution in [0.2, 0.25) is 5.02 Å². The van der Waals surface area contributed by atoms with Gasteiger partial charge in [0.1, 0.15) is 5.82 Å². The Hall–Kier alpha value is -2.45. The summed E-state index contributed by atoms with van der Waals surface area (Å²) < 4.78 is 0.880. The molecule has 2 aromatic carbocycles. The fraction of sp³-hybridized carbons (Fsp3) is 0.419. The Morgan fingerprint density at radius 1 is 1.00 bits per heavy atom. The average molecular weight is 611 g/mol. The van der Waals surface area contributed by atoms with E-state index in [2.05, 4.69) is 66.3 Å². The molecule has 3 heterocycles. The van der Waals surface area contributed by atoms with Gasteiger partial charge >= 0.3 is 0 Å². The van der Waals surface area contributed by atoms with Crippen molar-refractivity contribution in [1.82, 2.24) is 20.1 Å². The normalized spacial score (nSPS) is 20.7. The van der Waals surface area contributed by atoms with E-state index in [0.29, 0.717) is 11.6 Å². The quantitative estimate of drug-likeness (QED) is 0.374. The summed E-state index contributed by atoms with van der Waals surface area (Å²) in [7, 11) is 0. The Balaban J connectivity index is 0.00000323. The molecule has 3 aromatic rings. The number of anilines is 1. The number of likely N-dealkylation sites (tertiary alicyclic amines) is 1. The molecule has 0 bridgehead atoms. The fourth-order valence-corrected chi connectivity index (χ4v) is 7.05. The van der Waals surface area contributed by atoms with Crippen molar-refractivity contribution in [3.8, 4) is 0 Å². The topological polar surface area (TPSA) is 51.7 Å². The van der Waals surface area contributed by atoms with Crippen molar-refractivity contribution in [2.45, 2.75) is 44.3 Å². The molecule has 6 nitrogen and oxygen atoms in total. The predicted octanol–water partition coefficient (Wildman–Crippen LogP) is 5.95. The van der Waals surface area contributed by atoms with Crippen LogP contribution in [-0.4, -0.2) is 66.0 Å². The van der Waals surface area contributed by atoms with Crippen molar-refractivity contribution in [3.05, 3.63) is 92.5 Å². The van der Waals surface area contributed by atoms with Crippen LogP contribution in [0.4, 0.5) is 5.82 Å². The van der Waals surface area contributed by atoms with Gasteiger partial charge in [0.2, 0.25) is 0 Å². The fourth-order valence-electron chi connectivity index (χ4n) is 6.33. The zero-order chi connectivity index (χ0) is 26.8. The lowest BCUT2D eigenvalue weighted by molar-refractivity contribution is 0.0936. The van der Waals surface area contributed by atoms with E-state index < -0.39 is 0 Å². The molecule has 0 saturated carbocycles. The number of piperazine rings is 1. The Bertz CT molecular complexity index is 1310. The molecule has 2 saturated heterocycles. The van der Waals surface area contributed by atoms with Crippen molar-refractivity contribution in [2.24, 2.45) is 0 Å². The maximum atomic E-state index is 13.0. The monoisotopic (exact) mass is 609 g/mol. The third-order valence-electron chi connectivity index (χ3n) is 8.53. The van der Waals surface area contributed by atoms with Gasteiger partial charge in [0.05, 0.1) is 16.1 Å². The number of piperidine rings is 1. The van der Waals surface area contributed by atoms with E-state index in [-0.39, 0.29) is 13.4 Å². The summed E-state index contributed by atoms with van der Waals surface area (Å²) in [5.74, 6) is 0.860. The lowest BCUT2D eigenvalue weighted by atomic mass is 10.0. The van der Waals surface area contributed by atoms with E-state index in [1.807, 2.05) is 24.3 Å². The summed E-state index contributed by atoms with van der Waals surface area (Å²) in [5, 5.41) is 4.01. The van der Waals surface area contributed by atoms with Crippen molar-refractivity contribution in [3.63, 3.8) is 0 Å². The van der Waals surface area contributed by atoms with Gasteiger partial charge in [0.25, 0.3) is 5.91 Å². The molecule has 1 unspecified atom stereocenters. The molecule has 3 aliphatic rings. The van der Waals surface area contributed by atoms with Gasteiger partial charge < -0.3 is 10.2 Å². The van der Waals surface area contributed by atoms with Gasteiger partial charge in [-0.25, -0.2) is 4.98 Å². The van der Waals surface area contributed by atoms with Crippen LogP contribution in [-0.2, 0) is 13.0 Å². The number of hydrogen-bond donors (Lipinski definition) is 1. The number of rotatable bonds is 6. The summed E-state index contributed by atoms with van der Waals surface area (Å²) in [5.41, 5.74) is 4.50. The molecule has 2 fully saturated rings. The van der Waals surface area contributed by atoms with Crippen LogP contribution in [0.1, 0.15) is 53.8 Å². The van der Waals surface area contributed by atoms with Crippen LogP contribution in [0.25, 0.3) is 0 Å². The minimum absolute atomic E-state index is 0. The number of halogens is 2. The predicted molar refractivity (Wildman–Crippen MR) is 163 cm³/mol. The molecule has 206 valence electrons. The SMILES string of the molecule is O=C(NC1CCc2ccccc21)c1cnc(N2CCN(C3CCN(Cc4ccc(Cl)cc4)CC3)CC2)c(Br)c1.[HH]. The first-order chi connectivity index (χ1) is 19.0. The summed E-state index contributed by atoms with van der Waals surface area (Å²) >= 11 is 9.74. The Morgan fingerprint density at radius 2 is 1.74 bits per heavy atom. The van der Waals surface area contributed by atoms with E-state index in [1.54, 1.807) is 6.20 Å². The summed E-state index contributed by atoms with van der Waals surface area (Å²) in [4.78, 5) is 25.3. The van der Waals surface area contributed by atoms with Crippen LogP contribution >= 0.6 is 27.5 Å². The molecule has 1 aliphatic carbocycles. The molecule has 0 spiro atoms. The average Bonchev–Trinajstić information content (AvgIpc) is 3.37. The molecule has 1 N–H and O–H groups in total. The van der Waals surface area contributed by atoms with Gasteiger partial charge in [-0.15, -0.1) is 0 Å². The Kier molecular flexibility index (Phi) is 8.21. The number of nitrogens with one attached hydrogen (secondary N) is 1. The molecule has 1 atom stereocenters. The van der Waals surface area contributed by atoms with Gasteiger partial charge in [0, 0.05) is 51.4 Å². The number of carbonyl (C=O) groups is 1. The highest BCUT2D eigenvalue weighted by Crippen LogP contribution is 2.32. The Labute approximate surface area is 246 Å². The lowest BCUT2D eigenvalue weighted by Crippen LogP contribution is -2.53. The van der Waals surface area contributed by atoms with E-state index in [9.17, 15) is 4.79 Å². The number of pyridine rings is 1. The van der Waals surface area contributed by atoms with Crippen molar-refractivity contribution < 1.29 is 6.22 Å². The Morgan fingerprint density at radius 3 is 2.49 bits per heavy atom. The minimum atomic E-state index is -0.0660. The second kappa shape index (κ2) is 12.0. The molecule has 6 rings (SSSR count). The highest BCUT2D eigenvalue weighted by atomic mass is 79.9. The van der Waals surface area contributed by atoms with Crippen LogP contribution in [0.3, 0.4) is 0 Å². The second-order valence-corrected chi connectivity index (χ2v) is 12.2. The van der Waals surface area contributed by atoms with Crippen molar-refractivity contribution in [1.29, 1.82) is 0 Å². The molecular weight excluding hydrogens is 574 g/mol. The zero-order valence-corrected chi connectivity index (χ0v) is 24.5. The summed E-state index contributed by atoms with van der Waals surface area (Å²) in [6.45, 7) is 7.24. The maximum Gasteiger partial charge on any atom is 0.253 e. The highest BCUT2D eigenvalue weighted by molar-refractivity contribution is 9.10. The number of hydrogen-bond acceptors (Lipinski definition) is 5. The molecule has 8 heteroatoms. The van der Waals surface area contributed by atoms with Gasteiger partial charge in [-0.3, -0.25) is 14.6 Å². The standard InChI is InChI=1S/C31H35BrClN5O.H2/c32-28-19-24(31(39)35-29-10-7-23-3-1-2-4-27(23)29)20-34-30(28)38-17-15-37(16-18-38)26-11-13-36(14-12-26)21-22-5-8-25(33)9-6-22;/h1-6,8-9,19-20,26,29H,7,10-18,21H2,(H,35,39);1H. The van der Waals surface area contributed by atoms with E-state index in [0.717, 1.165) is 74.0 Å². The molecule has 2 aliphatic heterocycles. The van der Waals surface area contributed by atoms with Crippen LogP contribution in [0, 0.1) is 0 Å².